The molecule has 0 amide bonds. The quantitative estimate of drug-likeness (QED) is 0.759. The summed E-state index contributed by atoms with van der Waals surface area (Å²) in [6, 6.07) is 0.468. The van der Waals surface area contributed by atoms with Crippen molar-refractivity contribution in [2.45, 2.75) is 78.4 Å². The van der Waals surface area contributed by atoms with Gasteiger partial charge in [-0.25, -0.2) is 0 Å². The summed E-state index contributed by atoms with van der Waals surface area (Å²) in [5, 5.41) is 12.8. The fourth-order valence-electron chi connectivity index (χ4n) is 3.59. The molecular weight excluding hydrogens is 264 g/mol. The molecule has 0 aromatic rings. The summed E-state index contributed by atoms with van der Waals surface area (Å²) < 4.78 is 0. The van der Waals surface area contributed by atoms with Crippen LogP contribution in [0.4, 0.5) is 0 Å². The number of carboxylic acids is 1. The van der Waals surface area contributed by atoms with E-state index in [1.807, 2.05) is 20.8 Å². The van der Waals surface area contributed by atoms with Crippen LogP contribution in [0.2, 0.25) is 0 Å². The monoisotopic (exact) mass is 298 g/mol. The van der Waals surface area contributed by atoms with Crippen LogP contribution in [0, 0.1) is 11.8 Å². The average Bonchev–Trinajstić information content (AvgIpc) is 2.37. The SMILES string of the molecule is CC(C)NC(C)(CC(C)N1CCC(C(C)C)CC1)C(=O)O. The highest BCUT2D eigenvalue weighted by Gasteiger charge is 2.37. The molecule has 1 saturated heterocycles. The Balaban J connectivity index is 2.59. The number of nitrogens with zero attached hydrogens (tertiary/aromatic N) is 1. The van der Waals surface area contributed by atoms with Gasteiger partial charge in [0.25, 0.3) is 0 Å². The Hall–Kier alpha value is -0.610. The highest BCUT2D eigenvalue weighted by molar-refractivity contribution is 5.78. The van der Waals surface area contributed by atoms with Crippen LogP contribution < -0.4 is 5.32 Å². The lowest BCUT2D eigenvalue weighted by Gasteiger charge is -2.40. The van der Waals surface area contributed by atoms with E-state index in [2.05, 4.69) is 31.0 Å². The van der Waals surface area contributed by atoms with E-state index in [9.17, 15) is 9.90 Å². The minimum atomic E-state index is -0.845. The molecule has 1 heterocycles. The lowest BCUT2D eigenvalue weighted by atomic mass is 9.85. The summed E-state index contributed by atoms with van der Waals surface area (Å²) in [6.45, 7) is 14.8. The number of rotatable bonds is 7. The van der Waals surface area contributed by atoms with Gasteiger partial charge < -0.3 is 10.0 Å². The van der Waals surface area contributed by atoms with Crippen molar-refractivity contribution in [1.29, 1.82) is 0 Å². The molecule has 2 unspecified atom stereocenters. The number of nitrogens with one attached hydrogen (secondary N) is 1. The van der Waals surface area contributed by atoms with Crippen molar-refractivity contribution in [3.63, 3.8) is 0 Å². The van der Waals surface area contributed by atoms with Crippen LogP contribution in [0.5, 0.6) is 0 Å². The van der Waals surface area contributed by atoms with Gasteiger partial charge in [-0.3, -0.25) is 10.1 Å². The van der Waals surface area contributed by atoms with Crippen molar-refractivity contribution in [3.05, 3.63) is 0 Å². The van der Waals surface area contributed by atoms with Crippen LogP contribution in [0.25, 0.3) is 0 Å². The molecule has 1 fully saturated rings. The van der Waals surface area contributed by atoms with Crippen molar-refractivity contribution >= 4 is 5.97 Å². The second-order valence-electron chi connectivity index (χ2n) is 7.61. The van der Waals surface area contributed by atoms with E-state index < -0.39 is 11.5 Å². The maximum absolute atomic E-state index is 11.6. The maximum Gasteiger partial charge on any atom is 0.323 e. The average molecular weight is 298 g/mol. The van der Waals surface area contributed by atoms with Gasteiger partial charge in [0.05, 0.1) is 0 Å². The molecule has 0 bridgehead atoms. The van der Waals surface area contributed by atoms with Gasteiger partial charge in [-0.2, -0.15) is 0 Å². The Morgan fingerprint density at radius 1 is 1.24 bits per heavy atom. The van der Waals surface area contributed by atoms with Crippen molar-refractivity contribution in [2.75, 3.05) is 13.1 Å². The Morgan fingerprint density at radius 3 is 2.14 bits per heavy atom. The summed E-state index contributed by atoms with van der Waals surface area (Å²) in [7, 11) is 0. The molecule has 21 heavy (non-hydrogen) atoms. The van der Waals surface area contributed by atoms with Crippen LogP contribution in [0.3, 0.4) is 0 Å². The maximum atomic E-state index is 11.6. The first kappa shape index (κ1) is 18.4. The molecule has 4 heteroatoms. The molecule has 2 N–H and O–H groups in total. The molecule has 0 radical (unpaired) electrons. The summed E-state index contributed by atoms with van der Waals surface area (Å²) in [5.41, 5.74) is -0.845. The zero-order valence-corrected chi connectivity index (χ0v) is 14.6. The van der Waals surface area contributed by atoms with E-state index >= 15 is 0 Å². The minimum Gasteiger partial charge on any atom is -0.480 e. The predicted molar refractivity (Wildman–Crippen MR) is 87.5 cm³/mol. The van der Waals surface area contributed by atoms with E-state index in [0.717, 1.165) is 24.9 Å². The zero-order valence-electron chi connectivity index (χ0n) is 14.6. The van der Waals surface area contributed by atoms with Gasteiger partial charge in [0, 0.05) is 12.1 Å². The first-order valence-corrected chi connectivity index (χ1v) is 8.41. The van der Waals surface area contributed by atoms with Crippen molar-refractivity contribution < 1.29 is 9.90 Å². The van der Waals surface area contributed by atoms with Crippen molar-refractivity contribution in [3.8, 4) is 0 Å². The molecule has 4 nitrogen and oxygen atoms in total. The molecule has 0 saturated carbocycles. The van der Waals surface area contributed by atoms with Crippen LogP contribution in [-0.2, 0) is 4.79 Å². The molecular formula is C17H34N2O2. The Morgan fingerprint density at radius 2 is 1.76 bits per heavy atom. The molecule has 2 atom stereocenters. The van der Waals surface area contributed by atoms with Gasteiger partial charge in [-0.15, -0.1) is 0 Å². The molecule has 0 aromatic heterocycles. The third-order valence-corrected chi connectivity index (χ3v) is 4.92. The number of hydrogen-bond donors (Lipinski definition) is 2. The lowest BCUT2D eigenvalue weighted by molar-refractivity contribution is -0.145. The smallest absolute Gasteiger partial charge is 0.323 e. The Bertz CT molecular complexity index is 336. The fourth-order valence-corrected chi connectivity index (χ4v) is 3.59. The van der Waals surface area contributed by atoms with Gasteiger partial charge in [0.2, 0.25) is 0 Å². The highest BCUT2D eigenvalue weighted by Crippen LogP contribution is 2.27. The van der Waals surface area contributed by atoms with Crippen LogP contribution in [0.15, 0.2) is 0 Å². The largest absolute Gasteiger partial charge is 0.480 e. The van der Waals surface area contributed by atoms with E-state index in [1.165, 1.54) is 12.8 Å². The number of carboxylic acid groups (broad SMARTS) is 1. The first-order chi connectivity index (χ1) is 9.65. The topological polar surface area (TPSA) is 52.6 Å². The fraction of sp³-hybridized carbons (Fsp3) is 0.941. The molecule has 1 rings (SSSR count). The Kier molecular flexibility index (Phi) is 6.67. The molecule has 124 valence electrons. The van der Waals surface area contributed by atoms with Gasteiger partial charge in [-0.05, 0) is 71.9 Å². The van der Waals surface area contributed by atoms with E-state index in [0.29, 0.717) is 12.5 Å². The van der Waals surface area contributed by atoms with Crippen molar-refractivity contribution in [2.24, 2.45) is 11.8 Å². The standard InChI is InChI=1S/C17H34N2O2/c1-12(2)15-7-9-19(10-8-15)14(5)11-17(6,16(20)21)18-13(3)4/h12-15,18H,7-11H2,1-6H3,(H,20,21). The van der Waals surface area contributed by atoms with Gasteiger partial charge in [0.1, 0.15) is 5.54 Å². The number of aliphatic carboxylic acids is 1. The van der Waals surface area contributed by atoms with Crippen LogP contribution in [-0.4, -0.2) is 46.7 Å². The van der Waals surface area contributed by atoms with Crippen molar-refractivity contribution in [1.82, 2.24) is 10.2 Å². The summed E-state index contributed by atoms with van der Waals surface area (Å²) in [6.07, 6.45) is 3.12. The second kappa shape index (κ2) is 7.59. The molecule has 0 spiro atoms. The molecule has 0 aliphatic carbocycles. The summed E-state index contributed by atoms with van der Waals surface area (Å²) >= 11 is 0. The van der Waals surface area contributed by atoms with E-state index in [4.69, 9.17) is 0 Å². The summed E-state index contributed by atoms with van der Waals surface area (Å²) in [4.78, 5) is 14.1. The summed E-state index contributed by atoms with van der Waals surface area (Å²) in [5.74, 6) is 0.836. The van der Waals surface area contributed by atoms with Gasteiger partial charge in [-0.1, -0.05) is 13.8 Å². The van der Waals surface area contributed by atoms with Gasteiger partial charge >= 0.3 is 5.97 Å². The second-order valence-corrected chi connectivity index (χ2v) is 7.61. The first-order valence-electron chi connectivity index (χ1n) is 8.41. The number of piperidine rings is 1. The Labute approximate surface area is 130 Å². The molecule has 0 aromatic carbocycles. The number of likely N-dealkylation sites (tertiary alicyclic amines) is 1. The number of hydrogen-bond acceptors (Lipinski definition) is 3. The normalized spacial score (nSPS) is 22.5. The zero-order chi connectivity index (χ0) is 16.2. The van der Waals surface area contributed by atoms with Crippen LogP contribution >= 0.6 is 0 Å². The molecule has 1 aliphatic heterocycles. The minimum absolute atomic E-state index is 0.171. The van der Waals surface area contributed by atoms with E-state index in [1.54, 1.807) is 0 Å². The third-order valence-electron chi connectivity index (χ3n) is 4.92. The predicted octanol–water partition coefficient (Wildman–Crippen LogP) is 2.97. The van der Waals surface area contributed by atoms with E-state index in [-0.39, 0.29) is 6.04 Å². The van der Waals surface area contributed by atoms with Crippen LogP contribution in [0.1, 0.15) is 60.8 Å². The third kappa shape index (κ3) is 5.26. The highest BCUT2D eigenvalue weighted by atomic mass is 16.4. The lowest BCUT2D eigenvalue weighted by Crippen LogP contribution is -2.56. The van der Waals surface area contributed by atoms with Gasteiger partial charge in [0.15, 0.2) is 0 Å². The number of carbonyl (C=O) groups is 1. The molecule has 1 aliphatic rings.